The van der Waals surface area contributed by atoms with Gasteiger partial charge in [0.2, 0.25) is 0 Å². The van der Waals surface area contributed by atoms with E-state index < -0.39 is 0 Å². The summed E-state index contributed by atoms with van der Waals surface area (Å²) in [6, 6.07) is 0. The largest absolute Gasteiger partial charge is 0.379 e. The number of rotatable bonds is 1. The Morgan fingerprint density at radius 1 is 1.58 bits per heavy atom. The number of hydrogen-bond donors (Lipinski definition) is 1. The third-order valence-corrected chi connectivity index (χ3v) is 4.02. The first-order valence-electron chi connectivity index (χ1n) is 3.94. The fourth-order valence-corrected chi connectivity index (χ4v) is 3.09. The lowest BCUT2D eigenvalue weighted by atomic mass is 10.4. The molecule has 1 N–H and O–H groups in total. The molecule has 0 amide bonds. The molecule has 0 spiro atoms. The monoisotopic (exact) mass is 201 g/mol. The molecule has 1 unspecified atom stereocenters. The highest BCUT2D eigenvalue weighted by molar-refractivity contribution is 8.08. The van der Waals surface area contributed by atoms with Crippen molar-refractivity contribution in [2.45, 2.75) is 5.25 Å². The summed E-state index contributed by atoms with van der Waals surface area (Å²) in [5.74, 6) is 1.12. The Balaban J connectivity index is 1.93. The third kappa shape index (κ3) is 2.00. The molecule has 0 saturated carbocycles. The van der Waals surface area contributed by atoms with E-state index in [4.69, 9.17) is 4.74 Å². The minimum Gasteiger partial charge on any atom is -0.379 e. The minimum atomic E-state index is 0.543. The normalized spacial score (nSPS) is 29.3. The molecule has 66 valence electrons. The van der Waals surface area contributed by atoms with Gasteiger partial charge in [-0.05, 0) is 5.41 Å². The summed E-state index contributed by atoms with van der Waals surface area (Å²) >= 11 is 3.77. The molecule has 0 radical (unpaired) electrons. The van der Waals surface area contributed by atoms with Gasteiger partial charge in [0.1, 0.15) is 0 Å². The minimum absolute atomic E-state index is 0.543. The molecule has 0 aliphatic carbocycles. The molecule has 4 heteroatoms. The van der Waals surface area contributed by atoms with Crippen molar-refractivity contribution in [3.8, 4) is 0 Å². The van der Waals surface area contributed by atoms with Gasteiger partial charge in [-0.25, -0.2) is 0 Å². The van der Waals surface area contributed by atoms with E-state index >= 15 is 0 Å². The fourth-order valence-electron chi connectivity index (χ4n) is 1.14. The van der Waals surface area contributed by atoms with Crippen LogP contribution in [0, 0.1) is 0 Å². The summed E-state index contributed by atoms with van der Waals surface area (Å²) < 4.78 is 5.41. The van der Waals surface area contributed by atoms with Crippen LogP contribution in [0.25, 0.3) is 0 Å². The van der Waals surface area contributed by atoms with Gasteiger partial charge < -0.3 is 10.1 Å². The third-order valence-electron chi connectivity index (χ3n) is 1.73. The van der Waals surface area contributed by atoms with Gasteiger partial charge in [-0.1, -0.05) is 11.8 Å². The van der Waals surface area contributed by atoms with E-state index in [2.05, 4.69) is 16.9 Å². The Kier molecular flexibility index (Phi) is 3.03. The van der Waals surface area contributed by atoms with Crippen LogP contribution in [-0.2, 0) is 4.74 Å². The van der Waals surface area contributed by atoms with Crippen LogP contribution >= 0.6 is 23.5 Å². The van der Waals surface area contributed by atoms with Gasteiger partial charge >= 0.3 is 0 Å². The zero-order valence-electron chi connectivity index (χ0n) is 6.66. The van der Waals surface area contributed by atoms with Gasteiger partial charge in [0.05, 0.1) is 18.5 Å². The van der Waals surface area contributed by atoms with Gasteiger partial charge in [0.15, 0.2) is 0 Å². The van der Waals surface area contributed by atoms with Crippen LogP contribution in [0.2, 0.25) is 0 Å². The van der Waals surface area contributed by atoms with Gasteiger partial charge in [0.25, 0.3) is 0 Å². The number of thioether (sulfide) groups is 2. The lowest BCUT2D eigenvalue weighted by Gasteiger charge is -2.24. The van der Waals surface area contributed by atoms with Crippen molar-refractivity contribution in [3.63, 3.8) is 0 Å². The molecule has 1 atom stereocenters. The van der Waals surface area contributed by atoms with Crippen LogP contribution in [0.5, 0.6) is 0 Å². The second-order valence-corrected chi connectivity index (χ2v) is 4.86. The quantitative estimate of drug-likeness (QED) is 0.697. The van der Waals surface area contributed by atoms with Gasteiger partial charge in [-0.2, -0.15) is 0 Å². The zero-order valence-corrected chi connectivity index (χ0v) is 8.29. The molecule has 2 rings (SSSR count). The molecule has 2 aliphatic rings. The van der Waals surface area contributed by atoms with E-state index in [1.54, 1.807) is 11.8 Å². The molecule has 1 saturated heterocycles. The van der Waals surface area contributed by atoms with E-state index in [-0.39, 0.29) is 0 Å². The van der Waals surface area contributed by atoms with E-state index in [0.717, 1.165) is 19.0 Å². The summed E-state index contributed by atoms with van der Waals surface area (Å²) in [6.45, 7) is 1.77. The van der Waals surface area contributed by atoms with Gasteiger partial charge in [0, 0.05) is 23.1 Å². The average Bonchev–Trinajstić information content (AvgIpc) is 2.21. The zero-order chi connectivity index (χ0) is 8.23. The molecule has 2 nitrogen and oxygen atoms in total. The van der Waals surface area contributed by atoms with Crippen molar-refractivity contribution >= 4 is 23.5 Å². The molecular weight excluding hydrogens is 190 g/mol. The molecule has 0 aromatic carbocycles. The summed E-state index contributed by atoms with van der Waals surface area (Å²) in [7, 11) is 0. The van der Waals surface area contributed by atoms with Crippen LogP contribution in [0.15, 0.2) is 22.7 Å². The van der Waals surface area contributed by atoms with Crippen molar-refractivity contribution in [1.82, 2.24) is 5.32 Å². The Morgan fingerprint density at radius 3 is 3.25 bits per heavy atom. The maximum absolute atomic E-state index is 5.41. The maximum Gasteiger partial charge on any atom is 0.0632 e. The highest BCUT2D eigenvalue weighted by atomic mass is 32.2. The first-order chi connectivity index (χ1) is 5.97. The molecular formula is C8H11NOS2. The van der Waals surface area contributed by atoms with E-state index in [0.29, 0.717) is 5.25 Å². The van der Waals surface area contributed by atoms with Gasteiger partial charge in [-0.15, -0.1) is 11.8 Å². The van der Waals surface area contributed by atoms with Crippen molar-refractivity contribution in [1.29, 1.82) is 0 Å². The molecule has 0 bridgehead atoms. The highest BCUT2D eigenvalue weighted by Crippen LogP contribution is 2.32. The standard InChI is InChI=1S/C8H11NOS2/c1-3-11-7(5-9-1)8-6-10-2-4-12-8/h1,3,5,8-9H,2,4,6H2. The van der Waals surface area contributed by atoms with Crippen LogP contribution in [-0.4, -0.2) is 24.2 Å². The first-order valence-corrected chi connectivity index (χ1v) is 5.87. The SMILES string of the molecule is C1=CSC(C2COCCS2)=CN1. The topological polar surface area (TPSA) is 21.3 Å². The molecule has 1 fully saturated rings. The fraction of sp³-hybridized carbons (Fsp3) is 0.500. The number of ether oxygens (including phenoxy) is 1. The Labute approximate surface area is 80.8 Å². The highest BCUT2D eigenvalue weighted by Gasteiger charge is 2.19. The van der Waals surface area contributed by atoms with Crippen LogP contribution in [0.4, 0.5) is 0 Å². The Bertz CT molecular complexity index is 209. The second-order valence-electron chi connectivity index (χ2n) is 2.57. The van der Waals surface area contributed by atoms with Crippen molar-refractivity contribution in [2.24, 2.45) is 0 Å². The average molecular weight is 201 g/mol. The van der Waals surface area contributed by atoms with Crippen LogP contribution in [0.1, 0.15) is 0 Å². The molecule has 12 heavy (non-hydrogen) atoms. The van der Waals surface area contributed by atoms with E-state index in [1.807, 2.05) is 18.0 Å². The predicted octanol–water partition coefficient (Wildman–Crippen LogP) is 1.77. The molecule has 0 aromatic heterocycles. The van der Waals surface area contributed by atoms with Crippen LogP contribution < -0.4 is 5.32 Å². The summed E-state index contributed by atoms with van der Waals surface area (Å²) in [4.78, 5) is 1.38. The van der Waals surface area contributed by atoms with Crippen molar-refractivity contribution in [2.75, 3.05) is 19.0 Å². The molecule has 2 heterocycles. The van der Waals surface area contributed by atoms with E-state index in [1.165, 1.54) is 4.91 Å². The molecule has 2 aliphatic heterocycles. The summed E-state index contributed by atoms with van der Waals surface area (Å²) in [6.07, 6.45) is 4.01. The van der Waals surface area contributed by atoms with E-state index in [9.17, 15) is 0 Å². The van der Waals surface area contributed by atoms with Crippen molar-refractivity contribution in [3.05, 3.63) is 22.7 Å². The smallest absolute Gasteiger partial charge is 0.0632 e. The molecule has 0 aromatic rings. The Morgan fingerprint density at radius 2 is 2.58 bits per heavy atom. The van der Waals surface area contributed by atoms with Crippen LogP contribution in [0.3, 0.4) is 0 Å². The lowest BCUT2D eigenvalue weighted by Crippen LogP contribution is -2.22. The van der Waals surface area contributed by atoms with Gasteiger partial charge in [-0.3, -0.25) is 0 Å². The summed E-state index contributed by atoms with van der Waals surface area (Å²) in [5, 5.41) is 5.72. The predicted molar refractivity (Wildman–Crippen MR) is 55.0 cm³/mol. The second kappa shape index (κ2) is 4.25. The maximum atomic E-state index is 5.41. The van der Waals surface area contributed by atoms with Crippen molar-refractivity contribution < 1.29 is 4.74 Å². The number of nitrogens with one attached hydrogen (secondary N) is 1. The number of hydrogen-bond acceptors (Lipinski definition) is 4. The lowest BCUT2D eigenvalue weighted by molar-refractivity contribution is 0.150. The Hall–Kier alpha value is -0.0600. The summed E-state index contributed by atoms with van der Waals surface area (Å²) in [5.41, 5.74) is 0. The first kappa shape index (κ1) is 8.53.